The first-order valence-electron chi connectivity index (χ1n) is 10.1. The average Bonchev–Trinajstić information content (AvgIpc) is 2.96. The Morgan fingerprint density at radius 2 is 2.12 bits per heavy atom. The standard InChI is InChI=1S/C23H30O3/c1-4-16-6-8-20-19-7-5-17-13-18(25)9-12-23(17,14-26-15(2)24)21(19)10-11-22(16,20)3/h4,9,12-13,16,19-21H,1,5-8,10-11,14H2,2-3H3. The summed E-state index contributed by atoms with van der Waals surface area (Å²) in [7, 11) is 0. The second-order valence-electron chi connectivity index (χ2n) is 9.11. The Kier molecular flexibility index (Phi) is 4.24. The van der Waals surface area contributed by atoms with Crippen LogP contribution in [0.25, 0.3) is 0 Å². The van der Waals surface area contributed by atoms with Gasteiger partial charge in [-0.1, -0.05) is 24.6 Å². The number of esters is 1. The highest BCUT2D eigenvalue weighted by Crippen LogP contribution is 2.66. The van der Waals surface area contributed by atoms with E-state index < -0.39 is 0 Å². The van der Waals surface area contributed by atoms with E-state index in [0.717, 1.165) is 19.3 Å². The van der Waals surface area contributed by atoms with Crippen LogP contribution in [0, 0.1) is 34.5 Å². The molecule has 0 amide bonds. The Bertz CT molecular complexity index is 702. The van der Waals surface area contributed by atoms with Crippen LogP contribution < -0.4 is 0 Å². The van der Waals surface area contributed by atoms with E-state index in [-0.39, 0.29) is 17.2 Å². The number of fused-ring (bicyclic) bond motifs is 5. The number of ketones is 1. The number of hydrogen-bond acceptors (Lipinski definition) is 3. The molecule has 0 spiro atoms. The molecular weight excluding hydrogens is 324 g/mol. The number of rotatable bonds is 3. The van der Waals surface area contributed by atoms with Crippen molar-refractivity contribution in [1.82, 2.24) is 0 Å². The van der Waals surface area contributed by atoms with Crippen molar-refractivity contribution in [3.8, 4) is 0 Å². The first kappa shape index (κ1) is 17.8. The Morgan fingerprint density at radius 3 is 2.85 bits per heavy atom. The number of hydrogen-bond donors (Lipinski definition) is 0. The van der Waals surface area contributed by atoms with E-state index in [1.807, 2.05) is 6.08 Å². The van der Waals surface area contributed by atoms with Gasteiger partial charge in [-0.3, -0.25) is 9.59 Å². The minimum atomic E-state index is -0.268. The molecule has 3 heteroatoms. The van der Waals surface area contributed by atoms with Crippen molar-refractivity contribution in [2.75, 3.05) is 6.61 Å². The van der Waals surface area contributed by atoms with Crippen molar-refractivity contribution < 1.29 is 14.3 Å². The van der Waals surface area contributed by atoms with Gasteiger partial charge < -0.3 is 4.74 Å². The zero-order valence-corrected chi connectivity index (χ0v) is 16.0. The summed E-state index contributed by atoms with van der Waals surface area (Å²) in [6, 6.07) is 0. The lowest BCUT2D eigenvalue weighted by Crippen LogP contribution is -2.52. The molecule has 4 aliphatic rings. The van der Waals surface area contributed by atoms with E-state index in [9.17, 15) is 9.59 Å². The molecule has 4 rings (SSSR count). The molecule has 3 fully saturated rings. The fourth-order valence-electron chi connectivity index (χ4n) is 6.91. The van der Waals surface area contributed by atoms with Crippen LogP contribution in [-0.2, 0) is 14.3 Å². The first-order chi connectivity index (χ1) is 12.4. The van der Waals surface area contributed by atoms with Crippen LogP contribution in [0.1, 0.15) is 52.4 Å². The third-order valence-corrected chi connectivity index (χ3v) is 8.18. The quantitative estimate of drug-likeness (QED) is 0.548. The summed E-state index contributed by atoms with van der Waals surface area (Å²) < 4.78 is 5.55. The van der Waals surface area contributed by atoms with Crippen LogP contribution in [0.2, 0.25) is 0 Å². The summed E-state index contributed by atoms with van der Waals surface area (Å²) in [6.45, 7) is 8.43. The number of carbonyl (C=O) groups is 2. The number of allylic oxidation sites excluding steroid dienone is 3. The molecule has 0 N–H and O–H groups in total. The zero-order chi connectivity index (χ0) is 18.5. The van der Waals surface area contributed by atoms with Crippen molar-refractivity contribution in [3.63, 3.8) is 0 Å². The van der Waals surface area contributed by atoms with Crippen molar-refractivity contribution in [2.45, 2.75) is 52.4 Å². The minimum absolute atomic E-state index is 0.0742. The molecule has 0 aliphatic heterocycles. The zero-order valence-electron chi connectivity index (χ0n) is 16.0. The van der Waals surface area contributed by atoms with Gasteiger partial charge >= 0.3 is 5.97 Å². The molecule has 0 aromatic rings. The van der Waals surface area contributed by atoms with E-state index in [2.05, 4.69) is 25.7 Å². The van der Waals surface area contributed by atoms with Crippen molar-refractivity contribution in [3.05, 3.63) is 36.5 Å². The summed E-state index contributed by atoms with van der Waals surface area (Å²) in [5, 5.41) is 0. The largest absolute Gasteiger partial charge is 0.465 e. The smallest absolute Gasteiger partial charge is 0.302 e. The lowest BCUT2D eigenvalue weighted by atomic mass is 9.47. The van der Waals surface area contributed by atoms with Gasteiger partial charge in [-0.15, -0.1) is 6.58 Å². The highest BCUT2D eigenvalue weighted by molar-refractivity contribution is 6.01. The molecule has 26 heavy (non-hydrogen) atoms. The van der Waals surface area contributed by atoms with E-state index in [1.165, 1.54) is 31.8 Å². The van der Waals surface area contributed by atoms with E-state index in [0.29, 0.717) is 35.7 Å². The van der Waals surface area contributed by atoms with E-state index in [1.54, 1.807) is 6.08 Å². The van der Waals surface area contributed by atoms with Gasteiger partial charge in [-0.2, -0.15) is 0 Å². The van der Waals surface area contributed by atoms with Crippen LogP contribution >= 0.6 is 0 Å². The fraction of sp³-hybridized carbons (Fsp3) is 0.652. The third-order valence-electron chi connectivity index (χ3n) is 8.18. The molecule has 140 valence electrons. The summed E-state index contributed by atoms with van der Waals surface area (Å²) in [5.41, 5.74) is 1.28. The van der Waals surface area contributed by atoms with Crippen molar-refractivity contribution in [2.24, 2.45) is 34.5 Å². The van der Waals surface area contributed by atoms with Crippen LogP contribution in [-0.4, -0.2) is 18.4 Å². The topological polar surface area (TPSA) is 43.4 Å². The predicted molar refractivity (Wildman–Crippen MR) is 101 cm³/mol. The molecule has 4 aliphatic carbocycles. The third kappa shape index (κ3) is 2.46. The molecular formula is C23H30O3. The maximum atomic E-state index is 12.0. The summed E-state index contributed by atoms with van der Waals surface area (Å²) in [6.07, 6.45) is 14.7. The van der Waals surface area contributed by atoms with Gasteiger partial charge in [0.15, 0.2) is 5.78 Å². The van der Waals surface area contributed by atoms with Crippen LogP contribution in [0.5, 0.6) is 0 Å². The van der Waals surface area contributed by atoms with Gasteiger partial charge in [0.25, 0.3) is 0 Å². The summed E-state index contributed by atoms with van der Waals surface area (Å²) in [5.74, 6) is 2.28. The van der Waals surface area contributed by atoms with Gasteiger partial charge in [0.1, 0.15) is 6.61 Å². The predicted octanol–water partition coefficient (Wildman–Crippen LogP) is 4.64. The molecule has 3 nitrogen and oxygen atoms in total. The molecule has 0 aromatic carbocycles. The summed E-state index contributed by atoms with van der Waals surface area (Å²) >= 11 is 0. The molecule has 0 saturated heterocycles. The van der Waals surface area contributed by atoms with Gasteiger partial charge in [0, 0.05) is 12.3 Å². The lowest BCUT2D eigenvalue weighted by molar-refractivity contribution is -0.146. The molecule has 0 bridgehead atoms. The second kappa shape index (κ2) is 6.21. The molecule has 3 saturated carbocycles. The lowest BCUT2D eigenvalue weighted by Gasteiger charge is -2.57. The monoisotopic (exact) mass is 354 g/mol. The molecule has 0 aromatic heterocycles. The molecule has 6 unspecified atom stereocenters. The Labute approximate surface area is 156 Å². The second-order valence-corrected chi connectivity index (χ2v) is 9.11. The fourth-order valence-corrected chi connectivity index (χ4v) is 6.91. The van der Waals surface area contributed by atoms with Gasteiger partial charge in [0.2, 0.25) is 0 Å². The van der Waals surface area contributed by atoms with Gasteiger partial charge in [0.05, 0.1) is 0 Å². The maximum Gasteiger partial charge on any atom is 0.302 e. The van der Waals surface area contributed by atoms with Crippen molar-refractivity contribution >= 4 is 11.8 Å². The van der Waals surface area contributed by atoms with E-state index >= 15 is 0 Å². The normalized spacial score (nSPS) is 43.8. The van der Waals surface area contributed by atoms with Crippen LogP contribution in [0.15, 0.2) is 36.5 Å². The summed E-state index contributed by atoms with van der Waals surface area (Å²) in [4.78, 5) is 23.5. The van der Waals surface area contributed by atoms with Gasteiger partial charge in [-0.25, -0.2) is 0 Å². The highest BCUT2D eigenvalue weighted by Gasteiger charge is 2.59. The Hall–Kier alpha value is -1.64. The molecule has 0 heterocycles. The Balaban J connectivity index is 1.70. The molecule has 0 radical (unpaired) electrons. The minimum Gasteiger partial charge on any atom is -0.465 e. The first-order valence-corrected chi connectivity index (χ1v) is 10.1. The highest BCUT2D eigenvalue weighted by atomic mass is 16.5. The van der Waals surface area contributed by atoms with Gasteiger partial charge in [-0.05, 0) is 79.8 Å². The van der Waals surface area contributed by atoms with E-state index in [4.69, 9.17) is 4.74 Å². The Morgan fingerprint density at radius 1 is 1.31 bits per heavy atom. The number of carbonyl (C=O) groups excluding carboxylic acids is 2. The average molecular weight is 354 g/mol. The van der Waals surface area contributed by atoms with Crippen molar-refractivity contribution in [1.29, 1.82) is 0 Å². The molecule has 6 atom stereocenters. The number of ether oxygens (including phenoxy) is 1. The SMILES string of the molecule is C=CC1CCC2C3CCC4=CC(=O)C=CC4(COC(C)=O)C3CCC12C. The van der Waals surface area contributed by atoms with Crippen LogP contribution in [0.4, 0.5) is 0 Å². The van der Waals surface area contributed by atoms with Crippen LogP contribution in [0.3, 0.4) is 0 Å². The maximum absolute atomic E-state index is 12.0.